The van der Waals surface area contributed by atoms with Gasteiger partial charge >= 0.3 is 0 Å². The first kappa shape index (κ1) is 15.4. The number of alkyl halides is 1. The van der Waals surface area contributed by atoms with Gasteiger partial charge in [-0.05, 0) is 25.3 Å². The zero-order chi connectivity index (χ0) is 13.4. The molecule has 0 aliphatic rings. The molecule has 0 radical (unpaired) electrons. The number of unbranched alkanes of at least 4 members (excludes halogenated alkanes) is 1. The zero-order valence-corrected chi connectivity index (χ0v) is 12.6. The zero-order valence-electron chi connectivity index (χ0n) is 11.8. The summed E-state index contributed by atoms with van der Waals surface area (Å²) in [6.45, 7) is 7.36. The molecule has 18 heavy (non-hydrogen) atoms. The molecule has 0 aliphatic carbocycles. The van der Waals surface area contributed by atoms with E-state index < -0.39 is 0 Å². The Morgan fingerprint density at radius 3 is 2.67 bits per heavy atom. The van der Waals surface area contributed by atoms with Gasteiger partial charge in [0.1, 0.15) is 5.75 Å². The van der Waals surface area contributed by atoms with Gasteiger partial charge in [0.2, 0.25) is 0 Å². The van der Waals surface area contributed by atoms with Crippen LogP contribution in [-0.2, 0) is 5.88 Å². The maximum absolute atomic E-state index is 5.96. The van der Waals surface area contributed by atoms with E-state index in [0.717, 1.165) is 17.9 Å². The molecule has 102 valence electrons. The molecular formula is C16H25ClO. The summed E-state index contributed by atoms with van der Waals surface area (Å²) in [6, 6.07) is 6.23. The molecule has 0 amide bonds. The van der Waals surface area contributed by atoms with E-state index in [-0.39, 0.29) is 0 Å². The van der Waals surface area contributed by atoms with Gasteiger partial charge in [-0.2, -0.15) is 0 Å². The van der Waals surface area contributed by atoms with Crippen LogP contribution in [0.2, 0.25) is 0 Å². The average Bonchev–Trinajstić information content (AvgIpc) is 2.40. The van der Waals surface area contributed by atoms with Crippen molar-refractivity contribution in [3.63, 3.8) is 0 Å². The highest BCUT2D eigenvalue weighted by molar-refractivity contribution is 6.17. The van der Waals surface area contributed by atoms with Crippen molar-refractivity contribution in [2.45, 2.75) is 52.3 Å². The maximum atomic E-state index is 5.96. The third kappa shape index (κ3) is 4.89. The van der Waals surface area contributed by atoms with E-state index >= 15 is 0 Å². The molecule has 1 rings (SSSR count). The Labute approximate surface area is 116 Å². The molecule has 1 unspecified atom stereocenters. The molecule has 0 heterocycles. The average molecular weight is 269 g/mol. The Bertz CT molecular complexity index is 349. The molecular weight excluding hydrogens is 244 g/mol. The predicted octanol–water partition coefficient (Wildman–Crippen LogP) is 5.33. The van der Waals surface area contributed by atoms with Crippen LogP contribution in [0, 0.1) is 12.8 Å². The molecule has 0 spiro atoms. The first-order chi connectivity index (χ1) is 8.71. The lowest BCUT2D eigenvalue weighted by molar-refractivity contribution is 0.232. The van der Waals surface area contributed by atoms with Gasteiger partial charge in [0.15, 0.2) is 0 Å². The van der Waals surface area contributed by atoms with Crippen LogP contribution in [0.25, 0.3) is 0 Å². The Morgan fingerprint density at radius 2 is 2.06 bits per heavy atom. The van der Waals surface area contributed by atoms with Crippen molar-refractivity contribution in [3.05, 3.63) is 29.3 Å². The van der Waals surface area contributed by atoms with Crippen LogP contribution in [0.15, 0.2) is 18.2 Å². The van der Waals surface area contributed by atoms with Crippen LogP contribution < -0.4 is 4.74 Å². The second-order valence-corrected chi connectivity index (χ2v) is 5.24. The smallest absolute Gasteiger partial charge is 0.123 e. The summed E-state index contributed by atoms with van der Waals surface area (Å²) >= 11 is 5.96. The molecule has 0 aliphatic heterocycles. The minimum absolute atomic E-state index is 0.517. The number of hydrogen-bond acceptors (Lipinski definition) is 1. The van der Waals surface area contributed by atoms with E-state index in [0.29, 0.717) is 11.8 Å². The maximum Gasteiger partial charge on any atom is 0.123 e. The van der Waals surface area contributed by atoms with E-state index in [1.165, 1.54) is 31.2 Å². The van der Waals surface area contributed by atoms with Crippen LogP contribution in [0.3, 0.4) is 0 Å². The first-order valence-corrected chi connectivity index (χ1v) is 7.53. The van der Waals surface area contributed by atoms with E-state index in [4.69, 9.17) is 16.3 Å². The molecule has 1 atom stereocenters. The third-order valence-corrected chi connectivity index (χ3v) is 3.67. The first-order valence-electron chi connectivity index (χ1n) is 6.99. The van der Waals surface area contributed by atoms with Crippen molar-refractivity contribution in [2.75, 3.05) is 6.61 Å². The highest BCUT2D eigenvalue weighted by Gasteiger charge is 2.09. The van der Waals surface area contributed by atoms with Crippen molar-refractivity contribution < 1.29 is 4.74 Å². The summed E-state index contributed by atoms with van der Waals surface area (Å²) in [5.74, 6) is 2.13. The van der Waals surface area contributed by atoms with Gasteiger partial charge in [0, 0.05) is 5.56 Å². The highest BCUT2D eigenvalue weighted by atomic mass is 35.5. The number of rotatable bonds is 8. The van der Waals surface area contributed by atoms with E-state index in [1.54, 1.807) is 0 Å². The SMILES string of the molecule is CCCCC(CC)COc1ccc(C)cc1CCl. The summed E-state index contributed by atoms with van der Waals surface area (Å²) in [6.07, 6.45) is 4.99. The molecule has 1 aromatic carbocycles. The molecule has 0 N–H and O–H groups in total. The third-order valence-electron chi connectivity index (χ3n) is 3.38. The van der Waals surface area contributed by atoms with Gasteiger partial charge in [-0.3, -0.25) is 0 Å². The molecule has 0 aromatic heterocycles. The number of benzene rings is 1. The summed E-state index contributed by atoms with van der Waals surface area (Å²) in [7, 11) is 0. The minimum Gasteiger partial charge on any atom is -0.493 e. The van der Waals surface area contributed by atoms with Crippen molar-refractivity contribution in [3.8, 4) is 5.75 Å². The number of hydrogen-bond donors (Lipinski definition) is 0. The molecule has 1 nitrogen and oxygen atoms in total. The topological polar surface area (TPSA) is 9.23 Å². The lowest BCUT2D eigenvalue weighted by Gasteiger charge is -2.17. The number of aryl methyl sites for hydroxylation is 1. The van der Waals surface area contributed by atoms with Crippen molar-refractivity contribution in [1.82, 2.24) is 0 Å². The van der Waals surface area contributed by atoms with E-state index in [9.17, 15) is 0 Å². The number of halogens is 1. The Balaban J connectivity index is 2.56. The highest BCUT2D eigenvalue weighted by Crippen LogP contribution is 2.23. The van der Waals surface area contributed by atoms with Crippen molar-refractivity contribution in [1.29, 1.82) is 0 Å². The van der Waals surface area contributed by atoms with E-state index in [2.05, 4.69) is 32.9 Å². The van der Waals surface area contributed by atoms with Crippen LogP contribution in [0.1, 0.15) is 50.7 Å². The Morgan fingerprint density at radius 1 is 1.28 bits per heavy atom. The summed E-state index contributed by atoms with van der Waals surface area (Å²) in [5, 5.41) is 0. The molecule has 0 fully saturated rings. The molecule has 0 saturated heterocycles. The van der Waals surface area contributed by atoms with Gasteiger partial charge < -0.3 is 4.74 Å². The second kappa shape index (κ2) is 8.42. The lowest BCUT2D eigenvalue weighted by Crippen LogP contribution is -2.12. The predicted molar refractivity (Wildman–Crippen MR) is 79.5 cm³/mol. The number of ether oxygens (including phenoxy) is 1. The molecule has 1 aromatic rings. The molecule has 0 saturated carbocycles. The Hall–Kier alpha value is -0.690. The lowest BCUT2D eigenvalue weighted by atomic mass is 10.0. The summed E-state index contributed by atoms with van der Waals surface area (Å²) in [4.78, 5) is 0. The standard InChI is InChI=1S/C16H25ClO/c1-4-6-7-14(5-2)12-18-16-9-8-13(3)10-15(16)11-17/h8-10,14H,4-7,11-12H2,1-3H3. The van der Waals surface area contributed by atoms with Gasteiger partial charge in [-0.25, -0.2) is 0 Å². The van der Waals surface area contributed by atoms with Crippen LogP contribution in [0.5, 0.6) is 5.75 Å². The molecule has 2 heteroatoms. The van der Waals surface area contributed by atoms with Crippen LogP contribution >= 0.6 is 11.6 Å². The fraction of sp³-hybridized carbons (Fsp3) is 0.625. The Kier molecular flexibility index (Phi) is 7.19. The van der Waals surface area contributed by atoms with Gasteiger partial charge in [0.25, 0.3) is 0 Å². The second-order valence-electron chi connectivity index (χ2n) is 4.97. The quantitative estimate of drug-likeness (QED) is 0.579. The van der Waals surface area contributed by atoms with Gasteiger partial charge in [-0.1, -0.05) is 50.8 Å². The molecule has 0 bridgehead atoms. The van der Waals surface area contributed by atoms with Gasteiger partial charge in [0.05, 0.1) is 12.5 Å². The fourth-order valence-electron chi connectivity index (χ4n) is 2.06. The normalized spacial score (nSPS) is 12.4. The monoisotopic (exact) mass is 268 g/mol. The summed E-state index contributed by atoms with van der Waals surface area (Å²) < 4.78 is 5.95. The summed E-state index contributed by atoms with van der Waals surface area (Å²) in [5.41, 5.74) is 2.33. The van der Waals surface area contributed by atoms with Crippen molar-refractivity contribution in [2.24, 2.45) is 5.92 Å². The fourth-order valence-corrected chi connectivity index (χ4v) is 2.27. The van der Waals surface area contributed by atoms with Crippen LogP contribution in [0.4, 0.5) is 0 Å². The van der Waals surface area contributed by atoms with Gasteiger partial charge in [-0.15, -0.1) is 11.6 Å². The van der Waals surface area contributed by atoms with E-state index in [1.807, 2.05) is 6.07 Å². The van der Waals surface area contributed by atoms with Crippen LogP contribution in [-0.4, -0.2) is 6.61 Å². The largest absolute Gasteiger partial charge is 0.493 e. The minimum atomic E-state index is 0.517. The van der Waals surface area contributed by atoms with Crippen molar-refractivity contribution >= 4 is 11.6 Å².